The van der Waals surface area contributed by atoms with Gasteiger partial charge >= 0.3 is 0 Å². The summed E-state index contributed by atoms with van der Waals surface area (Å²) in [5.41, 5.74) is -0.209. The van der Waals surface area contributed by atoms with Crippen LogP contribution in [0.4, 0.5) is 4.39 Å². The molecule has 1 heterocycles. The highest BCUT2D eigenvalue weighted by molar-refractivity contribution is 5.79. The van der Waals surface area contributed by atoms with Crippen molar-refractivity contribution in [1.29, 1.82) is 5.26 Å². The van der Waals surface area contributed by atoms with E-state index in [1.165, 1.54) is 18.2 Å². The van der Waals surface area contributed by atoms with Crippen LogP contribution in [0, 0.1) is 17.1 Å². The summed E-state index contributed by atoms with van der Waals surface area (Å²) < 4.78 is 13.2. The van der Waals surface area contributed by atoms with Crippen molar-refractivity contribution in [3.63, 3.8) is 0 Å². The minimum atomic E-state index is -0.531. The molecule has 0 amide bonds. The van der Waals surface area contributed by atoms with Crippen LogP contribution in [0.1, 0.15) is 5.69 Å². The first-order chi connectivity index (χ1) is 6.72. The molecule has 2 aromatic rings. The van der Waals surface area contributed by atoms with Gasteiger partial charge in [0.05, 0.1) is 5.52 Å². The van der Waals surface area contributed by atoms with E-state index in [0.29, 0.717) is 0 Å². The summed E-state index contributed by atoms with van der Waals surface area (Å²) in [5.74, 6) is -0.531. The second kappa shape index (κ2) is 2.96. The first-order valence-corrected chi connectivity index (χ1v) is 3.94. The summed E-state index contributed by atoms with van der Waals surface area (Å²) in [6.07, 6.45) is 0. The van der Waals surface area contributed by atoms with E-state index >= 15 is 0 Å². The van der Waals surface area contributed by atoms with Gasteiger partial charge in [0.1, 0.15) is 17.6 Å². The average molecular weight is 188 g/mol. The number of nitrogens with one attached hydrogen (secondary N) is 1. The molecule has 0 spiro atoms. The predicted octanol–water partition coefficient (Wildman–Crippen LogP) is 1.54. The van der Waals surface area contributed by atoms with E-state index in [9.17, 15) is 9.18 Å². The Morgan fingerprint density at radius 1 is 1.43 bits per heavy atom. The van der Waals surface area contributed by atoms with Crippen molar-refractivity contribution in [3.8, 4) is 6.07 Å². The molecule has 4 heteroatoms. The van der Waals surface area contributed by atoms with Crippen LogP contribution in [0.25, 0.3) is 10.9 Å². The number of H-pyrrole nitrogens is 1. The highest BCUT2D eigenvalue weighted by Gasteiger charge is 2.04. The molecular weight excluding hydrogens is 183 g/mol. The van der Waals surface area contributed by atoms with Crippen LogP contribution >= 0.6 is 0 Å². The van der Waals surface area contributed by atoms with Crippen molar-refractivity contribution in [3.05, 3.63) is 46.0 Å². The molecule has 0 saturated heterocycles. The van der Waals surface area contributed by atoms with Crippen molar-refractivity contribution >= 4 is 10.9 Å². The first-order valence-electron chi connectivity index (χ1n) is 3.94. The Balaban J connectivity index is 3.00. The molecule has 1 aromatic carbocycles. The average Bonchev–Trinajstić information content (AvgIpc) is 2.19. The zero-order valence-corrected chi connectivity index (χ0v) is 7.04. The number of halogens is 1. The minimum absolute atomic E-state index is 0.0626. The van der Waals surface area contributed by atoms with Gasteiger partial charge in [0, 0.05) is 11.5 Å². The van der Waals surface area contributed by atoms with Crippen molar-refractivity contribution in [2.24, 2.45) is 0 Å². The van der Waals surface area contributed by atoms with E-state index in [1.54, 1.807) is 6.07 Å². The number of hydrogen-bond acceptors (Lipinski definition) is 2. The Bertz CT molecular complexity index is 595. The number of rotatable bonds is 0. The molecule has 0 atom stereocenters. The summed E-state index contributed by atoms with van der Waals surface area (Å²) in [6, 6.07) is 7.12. The third-order valence-corrected chi connectivity index (χ3v) is 1.93. The monoisotopic (exact) mass is 188 g/mol. The lowest BCUT2D eigenvalue weighted by molar-refractivity contribution is 0.636. The molecule has 0 aliphatic carbocycles. The molecule has 0 fully saturated rings. The largest absolute Gasteiger partial charge is 0.344 e. The third-order valence-electron chi connectivity index (χ3n) is 1.93. The van der Waals surface area contributed by atoms with Crippen LogP contribution in [0.5, 0.6) is 0 Å². The summed E-state index contributed by atoms with van der Waals surface area (Å²) in [6.45, 7) is 0. The van der Waals surface area contributed by atoms with Crippen molar-refractivity contribution in [2.75, 3.05) is 0 Å². The van der Waals surface area contributed by atoms with E-state index in [4.69, 9.17) is 5.26 Å². The Hall–Kier alpha value is -2.15. The van der Waals surface area contributed by atoms with Crippen molar-refractivity contribution in [1.82, 2.24) is 4.98 Å². The molecule has 2 rings (SSSR count). The van der Waals surface area contributed by atoms with E-state index < -0.39 is 5.82 Å². The molecule has 0 aliphatic heterocycles. The number of hydrogen-bond donors (Lipinski definition) is 1. The van der Waals surface area contributed by atoms with E-state index in [1.807, 2.05) is 0 Å². The molecule has 0 unspecified atom stereocenters. The highest BCUT2D eigenvalue weighted by Crippen LogP contribution is 2.11. The maximum atomic E-state index is 13.2. The van der Waals surface area contributed by atoms with Gasteiger partial charge in [-0.2, -0.15) is 5.26 Å². The standard InChI is InChI=1S/C10H5FN2O/c11-8-3-1-2-7-9(14)4-6(5-12)13-10(7)8/h1-4H,(H,13,14). The van der Waals surface area contributed by atoms with Gasteiger partial charge < -0.3 is 4.98 Å². The number of benzene rings is 1. The molecule has 0 aliphatic rings. The first kappa shape index (κ1) is 8.45. The highest BCUT2D eigenvalue weighted by atomic mass is 19.1. The zero-order valence-electron chi connectivity index (χ0n) is 7.04. The number of nitrogens with zero attached hydrogens (tertiary/aromatic N) is 1. The molecule has 1 N–H and O–H groups in total. The molecule has 0 bridgehead atoms. The third kappa shape index (κ3) is 1.15. The molecule has 3 nitrogen and oxygen atoms in total. The smallest absolute Gasteiger partial charge is 0.190 e. The van der Waals surface area contributed by atoms with E-state index in [2.05, 4.69) is 4.98 Å². The normalized spacial score (nSPS) is 10.0. The van der Waals surface area contributed by atoms with Crippen LogP contribution in [-0.2, 0) is 0 Å². The summed E-state index contributed by atoms with van der Waals surface area (Å²) in [5, 5.41) is 8.82. The molecule has 0 saturated carbocycles. The lowest BCUT2D eigenvalue weighted by Crippen LogP contribution is -2.04. The van der Waals surface area contributed by atoms with E-state index in [-0.39, 0.29) is 22.0 Å². The van der Waals surface area contributed by atoms with Gasteiger partial charge in [-0.05, 0) is 12.1 Å². The number of para-hydroxylation sites is 1. The number of aromatic amines is 1. The number of nitriles is 1. The number of fused-ring (bicyclic) bond motifs is 1. The van der Waals surface area contributed by atoms with Crippen LogP contribution in [0.15, 0.2) is 29.1 Å². The Morgan fingerprint density at radius 2 is 2.21 bits per heavy atom. The molecule has 14 heavy (non-hydrogen) atoms. The lowest BCUT2D eigenvalue weighted by atomic mass is 10.2. The molecular formula is C10H5FN2O. The molecule has 0 radical (unpaired) electrons. The van der Waals surface area contributed by atoms with Gasteiger partial charge in [-0.3, -0.25) is 4.79 Å². The van der Waals surface area contributed by atoms with Gasteiger partial charge in [0.2, 0.25) is 0 Å². The van der Waals surface area contributed by atoms with E-state index in [0.717, 1.165) is 6.07 Å². The second-order valence-corrected chi connectivity index (χ2v) is 2.82. The van der Waals surface area contributed by atoms with Gasteiger partial charge in [0.25, 0.3) is 0 Å². The molecule has 1 aromatic heterocycles. The number of pyridine rings is 1. The lowest BCUT2D eigenvalue weighted by Gasteiger charge is -1.98. The summed E-state index contributed by atoms with van der Waals surface area (Å²) >= 11 is 0. The van der Waals surface area contributed by atoms with Crippen LogP contribution in [-0.4, -0.2) is 4.98 Å². The SMILES string of the molecule is N#Cc1cc(=O)c2cccc(F)c2[nH]1. The van der Waals surface area contributed by atoms with Crippen molar-refractivity contribution < 1.29 is 4.39 Å². The van der Waals surface area contributed by atoms with Gasteiger partial charge in [-0.1, -0.05) is 6.07 Å². The molecule has 68 valence electrons. The van der Waals surface area contributed by atoms with Gasteiger partial charge in [0.15, 0.2) is 5.43 Å². The fraction of sp³-hybridized carbons (Fsp3) is 0. The fourth-order valence-electron chi connectivity index (χ4n) is 1.30. The Morgan fingerprint density at radius 3 is 2.93 bits per heavy atom. The fourth-order valence-corrected chi connectivity index (χ4v) is 1.30. The van der Waals surface area contributed by atoms with Crippen molar-refractivity contribution in [2.45, 2.75) is 0 Å². The second-order valence-electron chi connectivity index (χ2n) is 2.82. The Labute approximate surface area is 78.4 Å². The zero-order chi connectivity index (χ0) is 10.1. The van der Waals surface area contributed by atoms with Crippen LogP contribution < -0.4 is 5.43 Å². The summed E-state index contributed by atoms with van der Waals surface area (Å²) in [4.78, 5) is 13.9. The maximum absolute atomic E-state index is 13.2. The van der Waals surface area contributed by atoms with Crippen LogP contribution in [0.2, 0.25) is 0 Å². The van der Waals surface area contributed by atoms with Gasteiger partial charge in [-0.15, -0.1) is 0 Å². The maximum Gasteiger partial charge on any atom is 0.190 e. The minimum Gasteiger partial charge on any atom is -0.344 e. The number of aromatic nitrogens is 1. The quantitative estimate of drug-likeness (QED) is 0.681. The Kier molecular flexibility index (Phi) is 1.79. The topological polar surface area (TPSA) is 56.6 Å². The van der Waals surface area contributed by atoms with Gasteiger partial charge in [-0.25, -0.2) is 4.39 Å². The van der Waals surface area contributed by atoms with Crippen LogP contribution in [0.3, 0.4) is 0 Å². The predicted molar refractivity (Wildman–Crippen MR) is 49.2 cm³/mol. The summed E-state index contributed by atoms with van der Waals surface area (Å²) in [7, 11) is 0.